The van der Waals surface area contributed by atoms with Gasteiger partial charge >= 0.3 is 6.09 Å². The van der Waals surface area contributed by atoms with Crippen molar-refractivity contribution in [2.45, 2.75) is 13.0 Å². The fraction of sp³-hybridized carbons (Fsp3) is 0.294. The van der Waals surface area contributed by atoms with Crippen LogP contribution < -0.4 is 9.80 Å². The number of carbonyl (C=O) groups is 1. The highest BCUT2D eigenvalue weighted by Crippen LogP contribution is 2.32. The molecular formula is C17H15N5O2. The van der Waals surface area contributed by atoms with Crippen LogP contribution in [0.2, 0.25) is 0 Å². The minimum atomic E-state index is -0.286. The van der Waals surface area contributed by atoms with Crippen LogP contribution in [0.4, 0.5) is 16.3 Å². The number of fused-ring (bicyclic) bond motifs is 1. The van der Waals surface area contributed by atoms with Crippen molar-refractivity contribution in [3.63, 3.8) is 0 Å². The lowest BCUT2D eigenvalue weighted by atomic mass is 9.97. The molecule has 0 aliphatic carbocycles. The predicted octanol–water partition coefficient (Wildman–Crippen LogP) is 1.87. The van der Waals surface area contributed by atoms with Gasteiger partial charge in [-0.1, -0.05) is 12.1 Å². The van der Waals surface area contributed by atoms with Crippen molar-refractivity contribution in [2.75, 3.05) is 29.5 Å². The number of aromatic nitrogens is 2. The summed E-state index contributed by atoms with van der Waals surface area (Å²) in [6.45, 7) is 2.38. The summed E-state index contributed by atoms with van der Waals surface area (Å²) in [6, 6.07) is 8.06. The van der Waals surface area contributed by atoms with E-state index in [0.29, 0.717) is 31.2 Å². The molecule has 4 rings (SSSR count). The molecule has 2 aliphatic heterocycles. The van der Waals surface area contributed by atoms with Crippen LogP contribution in [0.3, 0.4) is 0 Å². The highest BCUT2D eigenvalue weighted by atomic mass is 16.6. The maximum Gasteiger partial charge on any atom is 0.414 e. The van der Waals surface area contributed by atoms with Gasteiger partial charge in [0, 0.05) is 25.5 Å². The van der Waals surface area contributed by atoms with Crippen LogP contribution in [0.1, 0.15) is 16.8 Å². The van der Waals surface area contributed by atoms with Gasteiger partial charge in [0.1, 0.15) is 12.7 Å². The summed E-state index contributed by atoms with van der Waals surface area (Å²) in [5.41, 5.74) is 3.55. The second kappa shape index (κ2) is 5.81. The number of rotatable bonds is 2. The molecule has 1 amide bonds. The van der Waals surface area contributed by atoms with Crippen molar-refractivity contribution >= 4 is 17.6 Å². The molecule has 2 aliphatic rings. The van der Waals surface area contributed by atoms with Crippen LogP contribution in [-0.2, 0) is 17.7 Å². The van der Waals surface area contributed by atoms with Gasteiger partial charge in [0.15, 0.2) is 11.5 Å². The number of benzene rings is 1. The minimum Gasteiger partial charge on any atom is -0.447 e. The Balaban J connectivity index is 1.67. The molecule has 1 aromatic carbocycles. The fourth-order valence-electron chi connectivity index (χ4n) is 3.28. The van der Waals surface area contributed by atoms with Crippen LogP contribution in [0.25, 0.3) is 0 Å². The largest absolute Gasteiger partial charge is 0.447 e. The molecule has 7 nitrogen and oxygen atoms in total. The van der Waals surface area contributed by atoms with E-state index < -0.39 is 0 Å². The molecular weight excluding hydrogens is 306 g/mol. The molecule has 3 heterocycles. The normalized spacial score (nSPS) is 16.5. The van der Waals surface area contributed by atoms with E-state index in [-0.39, 0.29) is 6.09 Å². The summed E-state index contributed by atoms with van der Waals surface area (Å²) in [5.74, 6) is 0.608. The summed E-state index contributed by atoms with van der Waals surface area (Å²) in [5, 5.41) is 9.22. The molecule has 0 N–H and O–H groups in total. The molecule has 0 bridgehead atoms. The Kier molecular flexibility index (Phi) is 3.50. The molecule has 2 aromatic rings. The lowest BCUT2D eigenvalue weighted by Gasteiger charge is -2.32. The number of amides is 1. The van der Waals surface area contributed by atoms with Crippen LogP contribution in [0.15, 0.2) is 30.6 Å². The monoisotopic (exact) mass is 321 g/mol. The zero-order valence-electron chi connectivity index (χ0n) is 13.0. The number of nitrogens with zero attached hydrogens (tertiary/aromatic N) is 5. The Labute approximate surface area is 139 Å². The van der Waals surface area contributed by atoms with Gasteiger partial charge in [-0.3, -0.25) is 4.90 Å². The van der Waals surface area contributed by atoms with Gasteiger partial charge in [0.05, 0.1) is 12.2 Å². The average Bonchev–Trinajstić information content (AvgIpc) is 3.06. The third kappa shape index (κ3) is 2.33. The van der Waals surface area contributed by atoms with E-state index in [1.54, 1.807) is 11.1 Å². The van der Waals surface area contributed by atoms with E-state index in [4.69, 9.17) is 4.74 Å². The number of nitriles is 1. The summed E-state index contributed by atoms with van der Waals surface area (Å²) in [4.78, 5) is 24.0. The van der Waals surface area contributed by atoms with E-state index in [9.17, 15) is 10.1 Å². The van der Waals surface area contributed by atoms with Crippen molar-refractivity contribution < 1.29 is 9.53 Å². The smallest absolute Gasteiger partial charge is 0.414 e. The first-order valence-electron chi connectivity index (χ1n) is 7.79. The molecule has 24 heavy (non-hydrogen) atoms. The summed E-state index contributed by atoms with van der Waals surface area (Å²) in [6.07, 6.45) is 3.61. The molecule has 7 heteroatoms. The number of carbonyl (C=O) groups excluding carboxylic acids is 1. The quantitative estimate of drug-likeness (QED) is 0.840. The Bertz CT molecular complexity index is 845. The predicted molar refractivity (Wildman–Crippen MR) is 86.6 cm³/mol. The van der Waals surface area contributed by atoms with Crippen molar-refractivity contribution in [1.29, 1.82) is 5.26 Å². The molecule has 0 atom stereocenters. The minimum absolute atomic E-state index is 0.286. The van der Waals surface area contributed by atoms with E-state index >= 15 is 0 Å². The zero-order valence-corrected chi connectivity index (χ0v) is 13.0. The number of anilines is 2. The Hall–Kier alpha value is -3.14. The van der Waals surface area contributed by atoms with Crippen molar-refractivity contribution in [2.24, 2.45) is 0 Å². The Morgan fingerprint density at radius 3 is 2.88 bits per heavy atom. The Morgan fingerprint density at radius 2 is 2.08 bits per heavy atom. The standard InChI is InChI=1S/C17H15N5O2/c18-10-14-16(20-6-5-19-14)21-7-4-13-12(11-21)2-1-3-15(13)22-8-9-24-17(22)23/h1-3,5-6H,4,7-9,11H2. The number of hydrogen-bond acceptors (Lipinski definition) is 6. The van der Waals surface area contributed by atoms with E-state index in [1.165, 1.54) is 6.20 Å². The van der Waals surface area contributed by atoms with E-state index in [0.717, 1.165) is 29.8 Å². The Morgan fingerprint density at radius 1 is 1.21 bits per heavy atom. The first-order valence-corrected chi connectivity index (χ1v) is 7.79. The second-order valence-corrected chi connectivity index (χ2v) is 5.69. The van der Waals surface area contributed by atoms with Crippen molar-refractivity contribution in [3.05, 3.63) is 47.4 Å². The molecule has 1 saturated heterocycles. The van der Waals surface area contributed by atoms with E-state index in [2.05, 4.69) is 27.0 Å². The average molecular weight is 321 g/mol. The van der Waals surface area contributed by atoms with Crippen LogP contribution in [0, 0.1) is 11.3 Å². The van der Waals surface area contributed by atoms with Crippen molar-refractivity contribution in [1.82, 2.24) is 9.97 Å². The van der Waals surface area contributed by atoms with Gasteiger partial charge in [-0.2, -0.15) is 5.26 Å². The number of cyclic esters (lactones) is 1. The van der Waals surface area contributed by atoms with Crippen LogP contribution in [0.5, 0.6) is 0 Å². The van der Waals surface area contributed by atoms with Crippen molar-refractivity contribution in [3.8, 4) is 6.07 Å². The first kappa shape index (κ1) is 14.5. The fourth-order valence-corrected chi connectivity index (χ4v) is 3.28. The third-order valence-corrected chi connectivity index (χ3v) is 4.38. The topological polar surface area (TPSA) is 82.3 Å². The zero-order chi connectivity index (χ0) is 16.5. The molecule has 1 fully saturated rings. The highest BCUT2D eigenvalue weighted by molar-refractivity contribution is 5.90. The first-order chi connectivity index (χ1) is 11.8. The number of ether oxygens (including phenoxy) is 1. The summed E-state index contributed by atoms with van der Waals surface area (Å²) in [7, 11) is 0. The lowest BCUT2D eigenvalue weighted by molar-refractivity contribution is 0.181. The third-order valence-electron chi connectivity index (χ3n) is 4.38. The molecule has 0 spiro atoms. The molecule has 1 aromatic heterocycles. The van der Waals surface area contributed by atoms with Gasteiger partial charge < -0.3 is 9.64 Å². The maximum absolute atomic E-state index is 11.9. The number of hydrogen-bond donors (Lipinski definition) is 0. The second-order valence-electron chi connectivity index (χ2n) is 5.69. The van der Waals surface area contributed by atoms with Gasteiger partial charge in [0.25, 0.3) is 0 Å². The molecule has 0 saturated carbocycles. The molecule has 0 unspecified atom stereocenters. The molecule has 120 valence electrons. The summed E-state index contributed by atoms with van der Waals surface area (Å²) < 4.78 is 5.05. The lowest BCUT2D eigenvalue weighted by Crippen LogP contribution is -2.34. The maximum atomic E-state index is 11.9. The van der Waals surface area contributed by atoms with Crippen LogP contribution in [-0.4, -0.2) is 35.8 Å². The van der Waals surface area contributed by atoms with E-state index in [1.807, 2.05) is 12.1 Å². The van der Waals surface area contributed by atoms with Gasteiger partial charge in [-0.25, -0.2) is 14.8 Å². The highest BCUT2D eigenvalue weighted by Gasteiger charge is 2.29. The van der Waals surface area contributed by atoms with Gasteiger partial charge in [0.2, 0.25) is 0 Å². The molecule has 0 radical (unpaired) electrons. The van der Waals surface area contributed by atoms with Gasteiger partial charge in [-0.15, -0.1) is 0 Å². The summed E-state index contributed by atoms with van der Waals surface area (Å²) >= 11 is 0. The SMILES string of the molecule is N#Cc1nccnc1N1CCc2c(cccc2N2CCOC2=O)C1. The van der Waals surface area contributed by atoms with Crippen LogP contribution >= 0.6 is 0 Å². The van der Waals surface area contributed by atoms with Gasteiger partial charge in [-0.05, 0) is 23.6 Å².